The van der Waals surface area contributed by atoms with Gasteiger partial charge in [0.25, 0.3) is 11.8 Å². The highest BCUT2D eigenvalue weighted by Gasteiger charge is 2.33. The minimum Gasteiger partial charge on any atom is -0.490 e. The molecule has 1 aliphatic heterocycles. The molecule has 1 fully saturated rings. The molecule has 2 amide bonds. The number of carbonyl (C=O) groups excluding carboxylic acids is 2. The normalized spacial score (nSPS) is 14.3. The van der Waals surface area contributed by atoms with Gasteiger partial charge < -0.3 is 9.47 Å². The van der Waals surface area contributed by atoms with Crippen molar-refractivity contribution < 1.29 is 19.1 Å². The molecule has 0 radical (unpaired) electrons. The zero-order valence-corrected chi connectivity index (χ0v) is 21.9. The highest BCUT2D eigenvalue weighted by atomic mass is 79.9. The number of thioether (sulfide) groups is 1. The molecule has 0 spiro atoms. The van der Waals surface area contributed by atoms with Gasteiger partial charge in [0.15, 0.2) is 15.8 Å². The molecule has 0 aromatic heterocycles. The average molecular weight is 570 g/mol. The molecule has 3 aromatic rings. The molecule has 6 nitrogen and oxygen atoms in total. The van der Waals surface area contributed by atoms with Gasteiger partial charge in [-0.15, -0.1) is 0 Å². The van der Waals surface area contributed by atoms with Crippen LogP contribution in [-0.2, 0) is 11.4 Å². The van der Waals surface area contributed by atoms with Crippen molar-refractivity contribution in [3.05, 3.63) is 98.9 Å². The standard InChI is InChI=1S/C26H21BrN2O4S2/c1-2-32-22-14-18(8-13-21(22)33-16-17-6-4-3-5-7-17)15-23-25(31)29(26(34)35-23)28-24(30)19-9-11-20(27)12-10-19/h3-15H,2,16H2,1H3,(H,28,30)/b23-15-. The van der Waals surface area contributed by atoms with E-state index >= 15 is 0 Å². The van der Waals surface area contributed by atoms with E-state index in [1.54, 1.807) is 30.3 Å². The number of nitrogens with one attached hydrogen (secondary N) is 1. The fourth-order valence-corrected chi connectivity index (χ4v) is 4.66. The van der Waals surface area contributed by atoms with Gasteiger partial charge in [0, 0.05) is 10.0 Å². The van der Waals surface area contributed by atoms with Crippen molar-refractivity contribution in [2.24, 2.45) is 0 Å². The molecule has 4 rings (SSSR count). The first-order valence-electron chi connectivity index (χ1n) is 10.7. The lowest BCUT2D eigenvalue weighted by atomic mass is 10.1. The molecule has 1 saturated heterocycles. The number of hydrazine groups is 1. The van der Waals surface area contributed by atoms with E-state index in [4.69, 9.17) is 21.7 Å². The van der Waals surface area contributed by atoms with E-state index in [1.807, 2.05) is 55.5 Å². The van der Waals surface area contributed by atoms with E-state index in [-0.39, 0.29) is 4.32 Å². The highest BCUT2D eigenvalue weighted by molar-refractivity contribution is 9.10. The number of hydrogen-bond donors (Lipinski definition) is 1. The van der Waals surface area contributed by atoms with Crippen LogP contribution >= 0.6 is 39.9 Å². The smallest absolute Gasteiger partial charge is 0.285 e. The Hall–Kier alpha value is -3.14. The van der Waals surface area contributed by atoms with Crippen LogP contribution in [0.2, 0.25) is 0 Å². The Morgan fingerprint density at radius 1 is 1.06 bits per heavy atom. The highest BCUT2D eigenvalue weighted by Crippen LogP contribution is 2.34. The van der Waals surface area contributed by atoms with Crippen molar-refractivity contribution in [1.82, 2.24) is 10.4 Å². The lowest BCUT2D eigenvalue weighted by Gasteiger charge is -2.15. The zero-order valence-electron chi connectivity index (χ0n) is 18.7. The van der Waals surface area contributed by atoms with E-state index in [0.29, 0.717) is 35.2 Å². The Labute approximate surface area is 221 Å². The molecule has 3 aromatic carbocycles. The number of amides is 2. The fourth-order valence-electron chi connectivity index (χ4n) is 3.22. The first kappa shape index (κ1) is 25.0. The molecule has 0 atom stereocenters. The van der Waals surface area contributed by atoms with Gasteiger partial charge in [-0.25, -0.2) is 0 Å². The van der Waals surface area contributed by atoms with Crippen LogP contribution < -0.4 is 14.9 Å². The van der Waals surface area contributed by atoms with Gasteiger partial charge in [-0.05, 0) is 72.7 Å². The van der Waals surface area contributed by atoms with Gasteiger partial charge in [-0.3, -0.25) is 15.0 Å². The molecule has 1 heterocycles. The van der Waals surface area contributed by atoms with Crippen LogP contribution in [0.5, 0.6) is 11.5 Å². The molecule has 9 heteroatoms. The molecular weight excluding hydrogens is 548 g/mol. The van der Waals surface area contributed by atoms with Crippen LogP contribution in [0.4, 0.5) is 0 Å². The maximum absolute atomic E-state index is 12.9. The maximum Gasteiger partial charge on any atom is 0.285 e. The Kier molecular flexibility index (Phi) is 8.22. The number of thiocarbonyl (C=S) groups is 1. The second kappa shape index (κ2) is 11.5. The zero-order chi connectivity index (χ0) is 24.8. The number of hydrogen-bond acceptors (Lipinski definition) is 6. The van der Waals surface area contributed by atoms with Gasteiger partial charge in [0.1, 0.15) is 6.61 Å². The van der Waals surface area contributed by atoms with Crippen LogP contribution in [0, 0.1) is 0 Å². The van der Waals surface area contributed by atoms with Crippen molar-refractivity contribution in [2.45, 2.75) is 13.5 Å². The number of carbonyl (C=O) groups is 2. The van der Waals surface area contributed by atoms with E-state index < -0.39 is 11.8 Å². The van der Waals surface area contributed by atoms with Crippen molar-refractivity contribution in [1.29, 1.82) is 0 Å². The topological polar surface area (TPSA) is 67.9 Å². The third-order valence-corrected chi connectivity index (χ3v) is 6.75. The Balaban J connectivity index is 1.48. The SMILES string of the molecule is CCOc1cc(/C=C2\SC(=S)N(NC(=O)c3ccc(Br)cc3)C2=O)ccc1OCc1ccccc1. The summed E-state index contributed by atoms with van der Waals surface area (Å²) >= 11 is 9.79. The number of halogens is 1. The van der Waals surface area contributed by atoms with Crippen LogP contribution in [0.3, 0.4) is 0 Å². The van der Waals surface area contributed by atoms with Crippen LogP contribution in [0.15, 0.2) is 82.2 Å². The van der Waals surface area contributed by atoms with Crippen molar-refractivity contribution in [2.75, 3.05) is 6.61 Å². The van der Waals surface area contributed by atoms with Gasteiger partial charge in [-0.2, -0.15) is 5.01 Å². The van der Waals surface area contributed by atoms with Crippen molar-refractivity contribution in [3.63, 3.8) is 0 Å². The summed E-state index contributed by atoms with van der Waals surface area (Å²) in [5.41, 5.74) is 4.80. The van der Waals surface area contributed by atoms with E-state index in [0.717, 1.165) is 32.4 Å². The molecule has 0 aliphatic carbocycles. The fraction of sp³-hybridized carbons (Fsp3) is 0.115. The number of nitrogens with zero attached hydrogens (tertiary/aromatic N) is 1. The van der Waals surface area contributed by atoms with Gasteiger partial charge in [-0.1, -0.05) is 64.1 Å². The van der Waals surface area contributed by atoms with Crippen molar-refractivity contribution in [3.8, 4) is 11.5 Å². The summed E-state index contributed by atoms with van der Waals surface area (Å²) < 4.78 is 12.8. The summed E-state index contributed by atoms with van der Waals surface area (Å²) in [6.45, 7) is 2.78. The summed E-state index contributed by atoms with van der Waals surface area (Å²) in [5.74, 6) is 0.375. The predicted octanol–water partition coefficient (Wildman–Crippen LogP) is 5.97. The van der Waals surface area contributed by atoms with Crippen LogP contribution in [-0.4, -0.2) is 27.8 Å². The van der Waals surface area contributed by atoms with E-state index in [2.05, 4.69) is 21.4 Å². The monoisotopic (exact) mass is 568 g/mol. The Bertz CT molecular complexity index is 1280. The second-order valence-corrected chi connectivity index (χ2v) is 9.97. The van der Waals surface area contributed by atoms with Crippen LogP contribution in [0.1, 0.15) is 28.4 Å². The van der Waals surface area contributed by atoms with Gasteiger partial charge in [0.2, 0.25) is 0 Å². The minimum absolute atomic E-state index is 0.250. The van der Waals surface area contributed by atoms with Gasteiger partial charge in [0.05, 0.1) is 11.5 Å². The molecular formula is C26H21BrN2O4S2. The Morgan fingerprint density at radius 3 is 2.51 bits per heavy atom. The third-order valence-electron chi connectivity index (χ3n) is 4.92. The number of rotatable bonds is 8. The van der Waals surface area contributed by atoms with E-state index in [9.17, 15) is 9.59 Å². The number of ether oxygens (including phenoxy) is 2. The first-order chi connectivity index (χ1) is 16.9. The summed E-state index contributed by atoms with van der Waals surface area (Å²) in [6, 6.07) is 22.2. The second-order valence-electron chi connectivity index (χ2n) is 7.38. The summed E-state index contributed by atoms with van der Waals surface area (Å²) in [7, 11) is 0. The average Bonchev–Trinajstić information content (AvgIpc) is 3.12. The summed E-state index contributed by atoms with van der Waals surface area (Å²) in [5, 5.41) is 1.09. The molecule has 1 aliphatic rings. The predicted molar refractivity (Wildman–Crippen MR) is 145 cm³/mol. The summed E-state index contributed by atoms with van der Waals surface area (Å²) in [4.78, 5) is 25.9. The van der Waals surface area contributed by atoms with E-state index in [1.165, 1.54) is 0 Å². The molecule has 0 bridgehead atoms. The molecule has 35 heavy (non-hydrogen) atoms. The molecule has 0 unspecified atom stereocenters. The van der Waals surface area contributed by atoms with Crippen molar-refractivity contribution >= 4 is 62.1 Å². The maximum atomic E-state index is 12.9. The minimum atomic E-state index is -0.423. The third kappa shape index (κ3) is 6.30. The summed E-state index contributed by atoms with van der Waals surface area (Å²) in [6.07, 6.45) is 1.72. The molecule has 1 N–H and O–H groups in total. The van der Waals surface area contributed by atoms with Gasteiger partial charge >= 0.3 is 0 Å². The largest absolute Gasteiger partial charge is 0.490 e. The van der Waals surface area contributed by atoms with Crippen LogP contribution in [0.25, 0.3) is 6.08 Å². The first-order valence-corrected chi connectivity index (χ1v) is 12.7. The lowest BCUT2D eigenvalue weighted by molar-refractivity contribution is -0.123. The molecule has 0 saturated carbocycles. The molecule has 178 valence electrons. The quantitative estimate of drug-likeness (QED) is 0.266. The Morgan fingerprint density at radius 2 is 1.80 bits per heavy atom. The number of benzene rings is 3. The lowest BCUT2D eigenvalue weighted by Crippen LogP contribution is -2.44.